The van der Waals surface area contributed by atoms with Crippen molar-refractivity contribution in [3.8, 4) is 0 Å². The minimum absolute atomic E-state index is 0.00946. The third-order valence-electron chi connectivity index (χ3n) is 3.35. The standard InChI is InChI=1S/C16H14INOS/c17-12-5-3-4-11(10-12)16(19)18-14-8-9-20-15-7-2-1-6-13(14)15/h1-7,10,14H,8-9H2,(H,18,19). The largest absolute Gasteiger partial charge is 0.345 e. The Labute approximate surface area is 136 Å². The summed E-state index contributed by atoms with van der Waals surface area (Å²) in [6.45, 7) is 0. The van der Waals surface area contributed by atoms with Crippen molar-refractivity contribution in [3.05, 3.63) is 63.2 Å². The summed E-state index contributed by atoms with van der Waals surface area (Å²) >= 11 is 4.09. The van der Waals surface area contributed by atoms with Gasteiger partial charge >= 0.3 is 0 Å². The second-order valence-electron chi connectivity index (χ2n) is 4.71. The molecule has 0 radical (unpaired) electrons. The van der Waals surface area contributed by atoms with Crippen molar-refractivity contribution in [2.75, 3.05) is 5.75 Å². The van der Waals surface area contributed by atoms with Crippen LogP contribution in [0.3, 0.4) is 0 Å². The highest BCUT2D eigenvalue weighted by atomic mass is 127. The van der Waals surface area contributed by atoms with Crippen molar-refractivity contribution >= 4 is 40.3 Å². The number of fused-ring (bicyclic) bond motifs is 1. The van der Waals surface area contributed by atoms with Gasteiger partial charge in [0.25, 0.3) is 5.91 Å². The van der Waals surface area contributed by atoms with Crippen molar-refractivity contribution in [2.45, 2.75) is 17.4 Å². The zero-order valence-electron chi connectivity index (χ0n) is 10.8. The van der Waals surface area contributed by atoms with Crippen LogP contribution in [0.2, 0.25) is 0 Å². The van der Waals surface area contributed by atoms with Gasteiger partial charge in [0.2, 0.25) is 0 Å². The van der Waals surface area contributed by atoms with E-state index in [0.29, 0.717) is 0 Å². The fourth-order valence-corrected chi connectivity index (χ4v) is 4.03. The summed E-state index contributed by atoms with van der Waals surface area (Å²) in [5, 5.41) is 3.16. The van der Waals surface area contributed by atoms with Crippen LogP contribution in [0.25, 0.3) is 0 Å². The van der Waals surface area contributed by atoms with Gasteiger partial charge in [-0.3, -0.25) is 4.79 Å². The molecule has 1 atom stereocenters. The molecule has 1 heterocycles. The van der Waals surface area contributed by atoms with E-state index in [1.165, 1.54) is 10.5 Å². The average Bonchev–Trinajstić information content (AvgIpc) is 2.47. The van der Waals surface area contributed by atoms with Gasteiger partial charge < -0.3 is 5.32 Å². The van der Waals surface area contributed by atoms with Crippen LogP contribution in [0.1, 0.15) is 28.4 Å². The van der Waals surface area contributed by atoms with E-state index in [-0.39, 0.29) is 11.9 Å². The quantitative estimate of drug-likeness (QED) is 0.771. The number of nitrogens with one attached hydrogen (secondary N) is 1. The Kier molecular flexibility index (Phi) is 4.31. The molecule has 3 rings (SSSR count). The van der Waals surface area contributed by atoms with Gasteiger partial charge in [0, 0.05) is 19.8 Å². The molecule has 1 aliphatic heterocycles. The summed E-state index contributed by atoms with van der Waals surface area (Å²) in [6.07, 6.45) is 0.983. The highest BCUT2D eigenvalue weighted by Gasteiger charge is 2.22. The average molecular weight is 395 g/mol. The summed E-state index contributed by atoms with van der Waals surface area (Å²) in [5.41, 5.74) is 1.97. The second-order valence-corrected chi connectivity index (χ2v) is 7.09. The molecule has 0 saturated heterocycles. The smallest absolute Gasteiger partial charge is 0.251 e. The van der Waals surface area contributed by atoms with Crippen LogP contribution in [-0.4, -0.2) is 11.7 Å². The lowest BCUT2D eigenvalue weighted by Crippen LogP contribution is -2.30. The van der Waals surface area contributed by atoms with Crippen molar-refractivity contribution in [3.63, 3.8) is 0 Å². The van der Waals surface area contributed by atoms with Gasteiger partial charge in [-0.1, -0.05) is 24.3 Å². The SMILES string of the molecule is O=C(NC1CCSc2ccccc21)c1cccc(I)c1. The Morgan fingerprint density at radius 3 is 2.90 bits per heavy atom. The molecule has 0 saturated carbocycles. The molecule has 2 nitrogen and oxygen atoms in total. The Bertz CT molecular complexity index is 644. The molecular formula is C16H14INOS. The zero-order valence-corrected chi connectivity index (χ0v) is 13.8. The summed E-state index contributed by atoms with van der Waals surface area (Å²) in [5.74, 6) is 1.06. The van der Waals surface area contributed by atoms with Crippen LogP contribution in [0, 0.1) is 3.57 Å². The molecular weight excluding hydrogens is 381 g/mol. The lowest BCUT2D eigenvalue weighted by molar-refractivity contribution is 0.0935. The third-order valence-corrected chi connectivity index (χ3v) is 5.14. The molecule has 0 spiro atoms. The van der Waals surface area contributed by atoms with Crippen molar-refractivity contribution in [2.24, 2.45) is 0 Å². The molecule has 0 bridgehead atoms. The Morgan fingerprint density at radius 2 is 2.05 bits per heavy atom. The molecule has 0 aromatic heterocycles. The summed E-state index contributed by atoms with van der Waals surface area (Å²) in [4.78, 5) is 13.6. The molecule has 4 heteroatoms. The molecule has 1 amide bonds. The van der Waals surface area contributed by atoms with Crippen molar-refractivity contribution < 1.29 is 4.79 Å². The minimum Gasteiger partial charge on any atom is -0.345 e. The fourth-order valence-electron chi connectivity index (χ4n) is 2.36. The van der Waals surface area contributed by atoms with Gasteiger partial charge in [-0.25, -0.2) is 0 Å². The molecule has 2 aromatic rings. The topological polar surface area (TPSA) is 29.1 Å². The maximum atomic E-state index is 12.4. The lowest BCUT2D eigenvalue weighted by Gasteiger charge is -2.25. The number of benzene rings is 2. The van der Waals surface area contributed by atoms with E-state index in [0.717, 1.165) is 21.3 Å². The number of hydrogen-bond acceptors (Lipinski definition) is 2. The zero-order chi connectivity index (χ0) is 13.9. The van der Waals surface area contributed by atoms with E-state index >= 15 is 0 Å². The van der Waals surface area contributed by atoms with Gasteiger partial charge in [-0.15, -0.1) is 11.8 Å². The first kappa shape index (κ1) is 13.9. The second kappa shape index (κ2) is 6.18. The number of carbonyl (C=O) groups is 1. The van der Waals surface area contributed by atoms with Crippen LogP contribution in [0.15, 0.2) is 53.4 Å². The molecule has 20 heavy (non-hydrogen) atoms. The predicted molar refractivity (Wildman–Crippen MR) is 91.1 cm³/mol. The first-order valence-electron chi connectivity index (χ1n) is 6.52. The number of rotatable bonds is 2. The van der Waals surface area contributed by atoms with Gasteiger partial charge in [-0.05, 0) is 58.8 Å². The lowest BCUT2D eigenvalue weighted by atomic mass is 10.0. The molecule has 0 fully saturated rings. The van der Waals surface area contributed by atoms with Crippen LogP contribution >= 0.6 is 34.4 Å². The Morgan fingerprint density at radius 1 is 1.20 bits per heavy atom. The van der Waals surface area contributed by atoms with E-state index < -0.39 is 0 Å². The number of hydrogen-bond donors (Lipinski definition) is 1. The molecule has 1 N–H and O–H groups in total. The normalized spacial score (nSPS) is 17.4. The summed E-state index contributed by atoms with van der Waals surface area (Å²) in [6, 6.07) is 16.1. The van der Waals surface area contributed by atoms with Crippen molar-refractivity contribution in [1.29, 1.82) is 0 Å². The van der Waals surface area contributed by atoms with Gasteiger partial charge in [0.1, 0.15) is 0 Å². The van der Waals surface area contributed by atoms with Crippen molar-refractivity contribution in [1.82, 2.24) is 5.32 Å². The third kappa shape index (κ3) is 3.01. The molecule has 1 unspecified atom stereocenters. The van der Waals surface area contributed by atoms with E-state index in [1.807, 2.05) is 42.1 Å². The highest BCUT2D eigenvalue weighted by Crippen LogP contribution is 2.35. The predicted octanol–water partition coefficient (Wildman–Crippen LogP) is 4.26. The fraction of sp³-hybridized carbons (Fsp3) is 0.188. The number of halogens is 1. The van der Waals surface area contributed by atoms with E-state index in [2.05, 4.69) is 46.1 Å². The summed E-state index contributed by atoms with van der Waals surface area (Å²) < 4.78 is 1.08. The minimum atomic E-state index is 0.00946. The van der Waals surface area contributed by atoms with Crippen LogP contribution < -0.4 is 5.32 Å². The van der Waals surface area contributed by atoms with Gasteiger partial charge in [0.15, 0.2) is 0 Å². The van der Waals surface area contributed by atoms with Gasteiger partial charge in [-0.2, -0.15) is 0 Å². The van der Waals surface area contributed by atoms with E-state index in [1.54, 1.807) is 0 Å². The molecule has 1 aliphatic rings. The number of amides is 1. The van der Waals surface area contributed by atoms with E-state index in [4.69, 9.17) is 0 Å². The highest BCUT2D eigenvalue weighted by molar-refractivity contribution is 14.1. The summed E-state index contributed by atoms with van der Waals surface area (Å²) in [7, 11) is 0. The first-order chi connectivity index (χ1) is 9.74. The van der Waals surface area contributed by atoms with E-state index in [9.17, 15) is 4.79 Å². The molecule has 102 valence electrons. The van der Waals surface area contributed by atoms with Gasteiger partial charge in [0.05, 0.1) is 6.04 Å². The monoisotopic (exact) mass is 395 g/mol. The first-order valence-corrected chi connectivity index (χ1v) is 8.58. The molecule has 0 aliphatic carbocycles. The maximum Gasteiger partial charge on any atom is 0.251 e. The Hall–Kier alpha value is -1.01. The van der Waals surface area contributed by atoms with Crippen LogP contribution in [0.4, 0.5) is 0 Å². The Balaban J connectivity index is 1.81. The van der Waals surface area contributed by atoms with Crippen LogP contribution in [0.5, 0.6) is 0 Å². The van der Waals surface area contributed by atoms with Crippen LogP contribution in [-0.2, 0) is 0 Å². The number of carbonyl (C=O) groups excluding carboxylic acids is 1. The number of thioether (sulfide) groups is 1. The maximum absolute atomic E-state index is 12.4. The molecule has 2 aromatic carbocycles.